The highest BCUT2D eigenvalue weighted by atomic mass is 19.1. The molecule has 0 aliphatic rings. The average Bonchev–Trinajstić information content (AvgIpc) is 2.81. The topological polar surface area (TPSA) is 57.7 Å². The lowest BCUT2D eigenvalue weighted by atomic mass is 10.0. The van der Waals surface area contributed by atoms with Crippen LogP contribution in [0.25, 0.3) is 10.9 Å². The van der Waals surface area contributed by atoms with Gasteiger partial charge < -0.3 is 14.2 Å². The van der Waals surface area contributed by atoms with E-state index < -0.39 is 11.6 Å². The fourth-order valence-electron chi connectivity index (χ4n) is 3.51. The number of benzene rings is 3. The molecule has 7 heteroatoms. The lowest BCUT2D eigenvalue weighted by Gasteiger charge is -2.12. The Balaban J connectivity index is 1.47. The van der Waals surface area contributed by atoms with Crippen molar-refractivity contribution in [1.29, 1.82) is 0 Å². The lowest BCUT2D eigenvalue weighted by molar-refractivity contribution is -0.117. The molecular formula is C26H21F2NO4. The van der Waals surface area contributed by atoms with Gasteiger partial charge in [-0.15, -0.1) is 0 Å². The maximum absolute atomic E-state index is 13.8. The van der Waals surface area contributed by atoms with E-state index in [-0.39, 0.29) is 24.2 Å². The minimum atomic E-state index is -0.717. The Morgan fingerprint density at radius 3 is 2.27 bits per heavy atom. The molecular weight excluding hydrogens is 428 g/mol. The monoisotopic (exact) mass is 449 g/mol. The van der Waals surface area contributed by atoms with Gasteiger partial charge in [0.05, 0.1) is 19.7 Å². The molecule has 3 aromatic carbocycles. The normalized spacial score (nSPS) is 10.8. The Morgan fingerprint density at radius 1 is 0.848 bits per heavy atom. The lowest BCUT2D eigenvalue weighted by Crippen LogP contribution is -2.08. The Bertz CT molecular complexity index is 1310. The molecule has 0 atom stereocenters. The van der Waals surface area contributed by atoms with Crippen LogP contribution in [0.1, 0.15) is 11.1 Å². The molecule has 0 bridgehead atoms. The third-order valence-corrected chi connectivity index (χ3v) is 5.16. The van der Waals surface area contributed by atoms with Crippen molar-refractivity contribution in [2.75, 3.05) is 14.2 Å². The number of carbonyl (C=O) groups excluding carboxylic acids is 1. The molecule has 33 heavy (non-hydrogen) atoms. The van der Waals surface area contributed by atoms with Crippen LogP contribution in [0.4, 0.5) is 8.78 Å². The van der Waals surface area contributed by atoms with E-state index in [0.717, 1.165) is 23.1 Å². The molecule has 0 aliphatic heterocycles. The second-order valence-electron chi connectivity index (χ2n) is 7.41. The number of fused-ring (bicyclic) bond motifs is 1. The van der Waals surface area contributed by atoms with Crippen molar-refractivity contribution in [2.24, 2.45) is 0 Å². The van der Waals surface area contributed by atoms with E-state index in [0.29, 0.717) is 28.5 Å². The van der Waals surface area contributed by atoms with Gasteiger partial charge in [-0.25, -0.2) is 8.78 Å². The second-order valence-corrected chi connectivity index (χ2v) is 7.41. The summed E-state index contributed by atoms with van der Waals surface area (Å²) < 4.78 is 43.6. The van der Waals surface area contributed by atoms with Gasteiger partial charge in [0.15, 0.2) is 11.5 Å². The van der Waals surface area contributed by atoms with Gasteiger partial charge in [-0.2, -0.15) is 0 Å². The molecule has 0 radical (unpaired) electrons. The first-order valence-electron chi connectivity index (χ1n) is 10.2. The Kier molecular flexibility index (Phi) is 6.49. The zero-order valence-corrected chi connectivity index (χ0v) is 18.1. The number of hydrogen-bond donors (Lipinski definition) is 0. The molecule has 0 unspecified atom stereocenters. The van der Waals surface area contributed by atoms with E-state index >= 15 is 0 Å². The van der Waals surface area contributed by atoms with Crippen LogP contribution < -0.4 is 14.2 Å². The number of ketones is 1. The van der Waals surface area contributed by atoms with Gasteiger partial charge in [-0.05, 0) is 41.5 Å². The van der Waals surface area contributed by atoms with Crippen molar-refractivity contribution in [3.05, 3.63) is 89.6 Å². The molecule has 0 saturated heterocycles. The summed E-state index contributed by atoms with van der Waals surface area (Å²) >= 11 is 0. The van der Waals surface area contributed by atoms with Gasteiger partial charge >= 0.3 is 0 Å². The second kappa shape index (κ2) is 9.65. The maximum Gasteiger partial charge on any atom is 0.162 e. The Hall–Kier alpha value is -4.00. The van der Waals surface area contributed by atoms with Crippen LogP contribution in [-0.4, -0.2) is 25.0 Å². The van der Waals surface area contributed by atoms with Crippen LogP contribution >= 0.6 is 0 Å². The van der Waals surface area contributed by atoms with Crippen molar-refractivity contribution >= 4 is 16.7 Å². The van der Waals surface area contributed by atoms with Crippen LogP contribution in [0.15, 0.2) is 66.9 Å². The number of aromatic nitrogens is 1. The average molecular weight is 449 g/mol. The smallest absolute Gasteiger partial charge is 0.162 e. The van der Waals surface area contributed by atoms with Gasteiger partial charge in [-0.1, -0.05) is 18.2 Å². The number of ether oxygens (including phenoxy) is 3. The molecule has 1 aromatic heterocycles. The molecule has 168 valence electrons. The molecule has 4 rings (SSSR count). The zero-order valence-electron chi connectivity index (χ0n) is 18.1. The molecule has 0 spiro atoms. The van der Waals surface area contributed by atoms with Gasteiger partial charge in [0.25, 0.3) is 0 Å². The van der Waals surface area contributed by atoms with Crippen molar-refractivity contribution in [2.45, 2.75) is 12.8 Å². The highest BCUT2D eigenvalue weighted by Gasteiger charge is 2.13. The number of nitrogens with zero attached hydrogens (tertiary/aromatic N) is 1. The number of carbonyl (C=O) groups is 1. The van der Waals surface area contributed by atoms with Crippen molar-refractivity contribution < 1.29 is 27.8 Å². The predicted molar refractivity (Wildman–Crippen MR) is 120 cm³/mol. The SMILES string of the molecule is COc1cc2nccc(Oc3ccc(CC(=O)Cc4ccc(F)cc4F)cc3)c2cc1OC. The number of halogens is 2. The fraction of sp³-hybridized carbons (Fsp3) is 0.154. The largest absolute Gasteiger partial charge is 0.493 e. The van der Waals surface area contributed by atoms with Crippen LogP contribution in [0.2, 0.25) is 0 Å². The maximum atomic E-state index is 13.8. The van der Waals surface area contributed by atoms with E-state index in [1.807, 2.05) is 0 Å². The Labute approximate surface area is 189 Å². The third kappa shape index (κ3) is 5.09. The molecule has 0 fully saturated rings. The van der Waals surface area contributed by atoms with E-state index in [1.54, 1.807) is 62.9 Å². The van der Waals surface area contributed by atoms with Gasteiger partial charge in [-0.3, -0.25) is 9.78 Å². The molecule has 0 N–H and O–H groups in total. The molecule has 0 amide bonds. The Morgan fingerprint density at radius 2 is 1.58 bits per heavy atom. The summed E-state index contributed by atoms with van der Waals surface area (Å²) in [5, 5.41) is 0.760. The molecule has 4 aromatic rings. The predicted octanol–water partition coefficient (Wildman–Crippen LogP) is 5.68. The van der Waals surface area contributed by atoms with Crippen LogP contribution in [0, 0.1) is 11.6 Å². The van der Waals surface area contributed by atoms with Crippen LogP contribution in [-0.2, 0) is 17.6 Å². The first-order valence-corrected chi connectivity index (χ1v) is 10.2. The summed E-state index contributed by atoms with van der Waals surface area (Å²) in [5.74, 6) is 0.758. The minimum Gasteiger partial charge on any atom is -0.493 e. The number of Topliss-reactive ketones (excluding diaryl/α,β-unsaturated/α-hetero) is 1. The highest BCUT2D eigenvalue weighted by Crippen LogP contribution is 2.36. The molecule has 5 nitrogen and oxygen atoms in total. The number of hydrogen-bond acceptors (Lipinski definition) is 5. The summed E-state index contributed by atoms with van der Waals surface area (Å²) in [7, 11) is 3.12. The van der Waals surface area contributed by atoms with Crippen molar-refractivity contribution in [3.8, 4) is 23.0 Å². The third-order valence-electron chi connectivity index (χ3n) is 5.16. The summed E-state index contributed by atoms with van der Waals surface area (Å²) in [5.41, 5.74) is 1.64. The van der Waals surface area contributed by atoms with E-state index in [1.165, 1.54) is 6.07 Å². The standard InChI is InChI=1S/C26H21F2NO4/c1-31-25-14-21-23(15-26(25)32-2)29-10-9-24(21)33-20-7-3-16(4-8-20)11-19(30)12-17-5-6-18(27)13-22(17)28/h3-10,13-15H,11-12H2,1-2H3. The first-order chi connectivity index (χ1) is 16.0. The van der Waals surface area contributed by atoms with E-state index in [9.17, 15) is 13.6 Å². The van der Waals surface area contributed by atoms with Crippen LogP contribution in [0.3, 0.4) is 0 Å². The molecule has 0 saturated carbocycles. The van der Waals surface area contributed by atoms with E-state index in [4.69, 9.17) is 14.2 Å². The molecule has 1 heterocycles. The number of pyridine rings is 1. The fourth-order valence-corrected chi connectivity index (χ4v) is 3.51. The van der Waals surface area contributed by atoms with E-state index in [2.05, 4.69) is 4.98 Å². The van der Waals surface area contributed by atoms with Crippen molar-refractivity contribution in [3.63, 3.8) is 0 Å². The van der Waals surface area contributed by atoms with Gasteiger partial charge in [0.2, 0.25) is 0 Å². The minimum absolute atomic E-state index is 0.0985. The van der Waals surface area contributed by atoms with Crippen LogP contribution in [0.5, 0.6) is 23.0 Å². The van der Waals surface area contributed by atoms with Gasteiger partial charge in [0.1, 0.15) is 28.9 Å². The number of rotatable bonds is 8. The zero-order chi connectivity index (χ0) is 23.4. The summed E-state index contributed by atoms with van der Waals surface area (Å²) in [6, 6.07) is 15.6. The summed E-state index contributed by atoms with van der Waals surface area (Å²) in [6.07, 6.45) is 1.68. The summed E-state index contributed by atoms with van der Waals surface area (Å²) in [4.78, 5) is 16.7. The first kappa shape index (κ1) is 22.2. The van der Waals surface area contributed by atoms with Gasteiger partial charge in [0, 0.05) is 36.6 Å². The highest BCUT2D eigenvalue weighted by molar-refractivity contribution is 5.88. The van der Waals surface area contributed by atoms with Crippen molar-refractivity contribution in [1.82, 2.24) is 4.98 Å². The molecule has 0 aliphatic carbocycles. The quantitative estimate of drug-likeness (QED) is 0.347. The summed E-state index contributed by atoms with van der Waals surface area (Å²) in [6.45, 7) is 0. The number of methoxy groups -OCH3 is 2.